The molecule has 3 aliphatic rings. The number of nitrogens with zero attached hydrogens (tertiary/aromatic N) is 1. The number of hydrogen-bond acceptors (Lipinski definition) is 2. The monoisotopic (exact) mass is 267 g/mol. The first-order chi connectivity index (χ1) is 7.29. The maximum absolute atomic E-state index is 5.62. The number of fused-ring (bicyclic) bond motifs is 2. The zero-order chi connectivity index (χ0) is 10.3. The quantitative estimate of drug-likeness (QED) is 0.816. The summed E-state index contributed by atoms with van der Waals surface area (Å²) < 4.78 is 6.78. The van der Waals surface area contributed by atoms with Crippen LogP contribution in [0.4, 0.5) is 0 Å². The van der Waals surface area contributed by atoms with E-state index in [9.17, 15) is 0 Å². The van der Waals surface area contributed by atoms with Crippen LogP contribution in [0.2, 0.25) is 0 Å². The van der Waals surface area contributed by atoms with E-state index < -0.39 is 0 Å². The molecule has 3 heteroatoms. The summed E-state index contributed by atoms with van der Waals surface area (Å²) in [6, 6.07) is 8.55. The summed E-state index contributed by atoms with van der Waals surface area (Å²) in [5.74, 6) is 0. The molecule has 0 saturated carbocycles. The minimum absolute atomic E-state index is 0.510. The van der Waals surface area contributed by atoms with Gasteiger partial charge >= 0.3 is 0 Å². The van der Waals surface area contributed by atoms with Crippen LogP contribution in [0.3, 0.4) is 0 Å². The Morgan fingerprint density at radius 2 is 2.07 bits per heavy atom. The summed E-state index contributed by atoms with van der Waals surface area (Å²) in [4.78, 5) is 2.49. The topological polar surface area (TPSA) is 12.5 Å². The van der Waals surface area contributed by atoms with Crippen LogP contribution in [0.5, 0.6) is 0 Å². The van der Waals surface area contributed by atoms with E-state index in [2.05, 4.69) is 45.1 Å². The molecule has 3 heterocycles. The van der Waals surface area contributed by atoms with Gasteiger partial charge in [-0.25, -0.2) is 0 Å². The number of halogens is 1. The van der Waals surface area contributed by atoms with E-state index in [0.717, 1.165) is 19.6 Å². The summed E-state index contributed by atoms with van der Waals surface area (Å²) in [5, 5.41) is 0. The Morgan fingerprint density at radius 1 is 1.33 bits per heavy atom. The second-order valence-corrected chi connectivity index (χ2v) is 5.36. The Balaban J connectivity index is 1.65. The highest BCUT2D eigenvalue weighted by Gasteiger charge is 2.37. The first-order valence-corrected chi connectivity index (χ1v) is 6.21. The van der Waals surface area contributed by atoms with Crippen molar-refractivity contribution in [2.75, 3.05) is 13.1 Å². The molecule has 0 N–H and O–H groups in total. The molecule has 3 fully saturated rings. The van der Waals surface area contributed by atoms with E-state index >= 15 is 0 Å². The number of ether oxygens (including phenoxy) is 1. The molecule has 4 rings (SSSR count). The van der Waals surface area contributed by atoms with Crippen molar-refractivity contribution in [3.63, 3.8) is 0 Å². The van der Waals surface area contributed by atoms with Gasteiger partial charge in [0.15, 0.2) is 0 Å². The summed E-state index contributed by atoms with van der Waals surface area (Å²) in [7, 11) is 0. The Hall–Kier alpha value is -0.380. The van der Waals surface area contributed by atoms with Crippen LogP contribution in [0.1, 0.15) is 12.0 Å². The van der Waals surface area contributed by atoms with Gasteiger partial charge in [0, 0.05) is 30.5 Å². The predicted molar refractivity (Wildman–Crippen MR) is 62.7 cm³/mol. The smallest absolute Gasteiger partial charge is 0.0731 e. The molecule has 2 atom stereocenters. The summed E-state index contributed by atoms with van der Waals surface area (Å²) in [6.45, 7) is 3.25. The Labute approximate surface area is 98.4 Å². The van der Waals surface area contributed by atoms with Crippen LogP contribution < -0.4 is 0 Å². The molecule has 3 saturated heterocycles. The molecule has 0 aromatic heterocycles. The van der Waals surface area contributed by atoms with Gasteiger partial charge < -0.3 is 4.74 Å². The number of morpholine rings is 1. The molecule has 2 nitrogen and oxygen atoms in total. The molecule has 80 valence electrons. The standard InChI is InChI=1S/C12H14BrNO/c13-10-3-1-2-9(4-10)6-14-7-11-5-12(8-14)15-11/h1-4,11-12H,5-8H2. The highest BCUT2D eigenvalue weighted by atomic mass is 79.9. The van der Waals surface area contributed by atoms with Crippen LogP contribution in [-0.4, -0.2) is 30.2 Å². The maximum atomic E-state index is 5.62. The van der Waals surface area contributed by atoms with Crippen molar-refractivity contribution < 1.29 is 4.74 Å². The number of benzene rings is 1. The lowest BCUT2D eigenvalue weighted by atomic mass is 9.98. The molecular formula is C12H14BrNO. The van der Waals surface area contributed by atoms with Crippen LogP contribution in [0, 0.1) is 0 Å². The van der Waals surface area contributed by atoms with Crippen molar-refractivity contribution in [3.05, 3.63) is 34.3 Å². The third kappa shape index (κ3) is 2.10. The Bertz CT molecular complexity index is 352. The molecule has 0 radical (unpaired) electrons. The third-order valence-electron chi connectivity index (χ3n) is 3.13. The van der Waals surface area contributed by atoms with Gasteiger partial charge in [0.2, 0.25) is 0 Å². The second kappa shape index (κ2) is 3.89. The number of rotatable bonds is 2. The predicted octanol–water partition coefficient (Wildman–Crippen LogP) is 2.42. The van der Waals surface area contributed by atoms with Crippen molar-refractivity contribution in [2.45, 2.75) is 25.2 Å². The van der Waals surface area contributed by atoms with Crippen molar-refractivity contribution in [3.8, 4) is 0 Å². The van der Waals surface area contributed by atoms with E-state index in [1.807, 2.05) is 0 Å². The van der Waals surface area contributed by atoms with Crippen LogP contribution >= 0.6 is 15.9 Å². The zero-order valence-electron chi connectivity index (χ0n) is 8.53. The zero-order valence-corrected chi connectivity index (χ0v) is 10.1. The van der Waals surface area contributed by atoms with E-state index in [-0.39, 0.29) is 0 Å². The fourth-order valence-corrected chi connectivity index (χ4v) is 2.91. The Kier molecular flexibility index (Phi) is 2.54. The lowest BCUT2D eigenvalue weighted by Gasteiger charge is -2.47. The van der Waals surface area contributed by atoms with Crippen molar-refractivity contribution in [2.24, 2.45) is 0 Å². The fraction of sp³-hybridized carbons (Fsp3) is 0.500. The van der Waals surface area contributed by atoms with E-state index in [4.69, 9.17) is 4.74 Å². The average molecular weight is 268 g/mol. The van der Waals surface area contributed by atoms with E-state index in [1.165, 1.54) is 16.5 Å². The molecule has 15 heavy (non-hydrogen) atoms. The lowest BCUT2D eigenvalue weighted by Crippen LogP contribution is -2.56. The molecular weight excluding hydrogens is 254 g/mol. The largest absolute Gasteiger partial charge is 0.372 e. The highest BCUT2D eigenvalue weighted by molar-refractivity contribution is 9.10. The summed E-state index contributed by atoms with van der Waals surface area (Å²) in [6.07, 6.45) is 2.29. The van der Waals surface area contributed by atoms with Crippen LogP contribution in [0.15, 0.2) is 28.7 Å². The van der Waals surface area contributed by atoms with Gasteiger partial charge in [0.1, 0.15) is 0 Å². The van der Waals surface area contributed by atoms with Crippen LogP contribution in [-0.2, 0) is 11.3 Å². The average Bonchev–Trinajstić information content (AvgIpc) is 2.16. The molecule has 1 aromatic rings. The van der Waals surface area contributed by atoms with Gasteiger partial charge in [-0.3, -0.25) is 4.90 Å². The van der Waals surface area contributed by atoms with E-state index in [0.29, 0.717) is 12.2 Å². The van der Waals surface area contributed by atoms with Crippen molar-refractivity contribution >= 4 is 15.9 Å². The SMILES string of the molecule is Brc1cccc(CN2CC3CC(C2)O3)c1. The van der Waals surface area contributed by atoms with E-state index in [1.54, 1.807) is 0 Å². The van der Waals surface area contributed by atoms with Crippen molar-refractivity contribution in [1.82, 2.24) is 4.90 Å². The highest BCUT2D eigenvalue weighted by Crippen LogP contribution is 2.28. The molecule has 0 spiro atoms. The van der Waals surface area contributed by atoms with Crippen LogP contribution in [0.25, 0.3) is 0 Å². The summed E-state index contributed by atoms with van der Waals surface area (Å²) >= 11 is 3.50. The van der Waals surface area contributed by atoms with Gasteiger partial charge in [0.05, 0.1) is 12.2 Å². The maximum Gasteiger partial charge on any atom is 0.0731 e. The van der Waals surface area contributed by atoms with Gasteiger partial charge in [-0.1, -0.05) is 28.1 Å². The summed E-state index contributed by atoms with van der Waals surface area (Å²) in [5.41, 5.74) is 1.38. The second-order valence-electron chi connectivity index (χ2n) is 4.44. The molecule has 0 amide bonds. The molecule has 0 aliphatic carbocycles. The van der Waals surface area contributed by atoms with Crippen molar-refractivity contribution in [1.29, 1.82) is 0 Å². The third-order valence-corrected chi connectivity index (χ3v) is 3.62. The van der Waals surface area contributed by atoms with Gasteiger partial charge in [-0.05, 0) is 17.7 Å². The number of hydrogen-bond donors (Lipinski definition) is 0. The molecule has 2 bridgehead atoms. The minimum atomic E-state index is 0.510. The number of piperidine rings is 1. The fourth-order valence-electron chi connectivity index (χ4n) is 2.46. The van der Waals surface area contributed by atoms with Gasteiger partial charge in [0.25, 0.3) is 0 Å². The minimum Gasteiger partial charge on any atom is -0.372 e. The molecule has 2 unspecified atom stereocenters. The first kappa shape index (κ1) is 9.82. The molecule has 3 aliphatic heterocycles. The normalized spacial score (nSPS) is 29.9. The van der Waals surface area contributed by atoms with Gasteiger partial charge in [-0.2, -0.15) is 0 Å². The van der Waals surface area contributed by atoms with Gasteiger partial charge in [-0.15, -0.1) is 0 Å². The first-order valence-electron chi connectivity index (χ1n) is 5.42. The Morgan fingerprint density at radius 3 is 2.73 bits per heavy atom. The molecule has 1 aromatic carbocycles. The lowest BCUT2D eigenvalue weighted by molar-refractivity contribution is -0.182.